The Balaban J connectivity index is 1.56. The van der Waals surface area contributed by atoms with Gasteiger partial charge in [-0.05, 0) is 48.2 Å². The van der Waals surface area contributed by atoms with Crippen molar-refractivity contribution in [3.63, 3.8) is 0 Å². The number of hydrogen-bond acceptors (Lipinski definition) is 4. The zero-order valence-corrected chi connectivity index (χ0v) is 15.4. The van der Waals surface area contributed by atoms with Gasteiger partial charge in [-0.3, -0.25) is 4.79 Å². The summed E-state index contributed by atoms with van der Waals surface area (Å²) in [6.45, 7) is 0. The van der Waals surface area contributed by atoms with Gasteiger partial charge in [0.1, 0.15) is 23.0 Å². The molecule has 0 spiro atoms. The number of furan rings is 1. The number of amides is 1. The highest BCUT2D eigenvalue weighted by Crippen LogP contribution is 2.31. The number of aliphatic imine (C=N–C) groups is 1. The van der Waals surface area contributed by atoms with Crippen molar-refractivity contribution >= 4 is 46.2 Å². The second-order valence-electron chi connectivity index (χ2n) is 5.65. The van der Waals surface area contributed by atoms with Crippen LogP contribution >= 0.6 is 23.4 Å². The number of hydrogen-bond donors (Lipinski definition) is 1. The van der Waals surface area contributed by atoms with Crippen molar-refractivity contribution in [2.24, 2.45) is 4.99 Å². The van der Waals surface area contributed by atoms with Crippen LogP contribution in [0, 0.1) is 5.82 Å². The number of para-hydroxylation sites is 1. The number of amidine groups is 1. The fourth-order valence-electron chi connectivity index (χ4n) is 2.49. The third-order valence-electron chi connectivity index (χ3n) is 3.73. The van der Waals surface area contributed by atoms with Gasteiger partial charge in [-0.2, -0.15) is 0 Å². The number of rotatable bonds is 3. The summed E-state index contributed by atoms with van der Waals surface area (Å²) in [5.41, 5.74) is 1.01. The molecule has 0 saturated carbocycles. The Morgan fingerprint density at radius 2 is 1.96 bits per heavy atom. The van der Waals surface area contributed by atoms with Crippen molar-refractivity contribution in [3.05, 3.63) is 82.2 Å². The van der Waals surface area contributed by atoms with Crippen molar-refractivity contribution in [3.8, 4) is 11.3 Å². The van der Waals surface area contributed by atoms with Gasteiger partial charge in [0.25, 0.3) is 5.91 Å². The largest absolute Gasteiger partial charge is 0.457 e. The summed E-state index contributed by atoms with van der Waals surface area (Å²) in [6.07, 6.45) is 1.62. The molecule has 7 heteroatoms. The minimum atomic E-state index is -0.450. The van der Waals surface area contributed by atoms with E-state index >= 15 is 0 Å². The molecule has 0 atom stereocenters. The summed E-state index contributed by atoms with van der Waals surface area (Å²) in [5.74, 6) is 0.410. The van der Waals surface area contributed by atoms with Gasteiger partial charge in [-0.25, -0.2) is 9.38 Å². The van der Waals surface area contributed by atoms with Crippen molar-refractivity contribution in [1.29, 1.82) is 0 Å². The maximum absolute atomic E-state index is 13.7. The van der Waals surface area contributed by atoms with Gasteiger partial charge >= 0.3 is 0 Å². The molecule has 134 valence electrons. The van der Waals surface area contributed by atoms with E-state index in [1.54, 1.807) is 42.5 Å². The highest BCUT2D eigenvalue weighted by molar-refractivity contribution is 8.18. The molecule has 3 aromatic rings. The number of halogens is 2. The second-order valence-corrected chi connectivity index (χ2v) is 7.11. The van der Waals surface area contributed by atoms with Crippen molar-refractivity contribution in [1.82, 2.24) is 5.32 Å². The lowest BCUT2D eigenvalue weighted by Gasteiger charge is -1.97. The van der Waals surface area contributed by atoms with Gasteiger partial charge in [-0.1, -0.05) is 35.9 Å². The molecule has 4 rings (SSSR count). The van der Waals surface area contributed by atoms with Crippen LogP contribution in [0.5, 0.6) is 0 Å². The highest BCUT2D eigenvalue weighted by Gasteiger charge is 2.24. The molecule has 0 unspecified atom stereocenters. The van der Waals surface area contributed by atoms with Gasteiger partial charge in [0.15, 0.2) is 5.17 Å². The lowest BCUT2D eigenvalue weighted by Crippen LogP contribution is -2.19. The van der Waals surface area contributed by atoms with E-state index in [-0.39, 0.29) is 11.6 Å². The SMILES string of the molecule is O=C1NC(=Nc2ccccc2F)SC1=Cc1ccc(-c2cccc(Cl)c2)o1. The van der Waals surface area contributed by atoms with Crippen LogP contribution in [-0.4, -0.2) is 11.1 Å². The fraction of sp³-hybridized carbons (Fsp3) is 0. The third kappa shape index (κ3) is 3.97. The predicted octanol–water partition coefficient (Wildman–Crippen LogP) is 5.63. The van der Waals surface area contributed by atoms with Gasteiger partial charge in [0, 0.05) is 16.7 Å². The van der Waals surface area contributed by atoms with E-state index in [0.717, 1.165) is 17.3 Å². The van der Waals surface area contributed by atoms with Gasteiger partial charge in [-0.15, -0.1) is 0 Å². The van der Waals surface area contributed by atoms with E-state index in [4.69, 9.17) is 16.0 Å². The van der Waals surface area contributed by atoms with Gasteiger partial charge < -0.3 is 9.73 Å². The van der Waals surface area contributed by atoms with Crippen LogP contribution in [0.15, 0.2) is 75.0 Å². The average Bonchev–Trinajstić information content (AvgIpc) is 3.24. The Morgan fingerprint density at radius 3 is 2.78 bits per heavy atom. The zero-order chi connectivity index (χ0) is 18.8. The molecule has 1 saturated heterocycles. The molecule has 1 aliphatic rings. The molecular weight excluding hydrogens is 387 g/mol. The van der Waals surface area contributed by atoms with Crippen LogP contribution in [0.1, 0.15) is 5.76 Å². The Kier molecular flexibility index (Phi) is 4.83. The highest BCUT2D eigenvalue weighted by atomic mass is 35.5. The van der Waals surface area contributed by atoms with Gasteiger partial charge in [0.05, 0.1) is 4.91 Å². The minimum absolute atomic E-state index is 0.169. The molecule has 2 heterocycles. The Bertz CT molecular complexity index is 1090. The van der Waals surface area contributed by atoms with Crippen LogP contribution in [0.3, 0.4) is 0 Å². The van der Waals surface area contributed by atoms with E-state index in [2.05, 4.69) is 10.3 Å². The molecule has 0 radical (unpaired) electrons. The summed E-state index contributed by atoms with van der Waals surface area (Å²) in [6, 6.07) is 17.0. The Hall–Kier alpha value is -2.83. The fourth-order valence-corrected chi connectivity index (χ4v) is 3.49. The zero-order valence-electron chi connectivity index (χ0n) is 13.8. The lowest BCUT2D eigenvalue weighted by atomic mass is 10.2. The van der Waals surface area contributed by atoms with Crippen LogP contribution in [0.25, 0.3) is 17.4 Å². The Morgan fingerprint density at radius 1 is 1.11 bits per heavy atom. The van der Waals surface area contributed by atoms with Crippen LogP contribution < -0.4 is 5.32 Å². The van der Waals surface area contributed by atoms with Crippen LogP contribution in [-0.2, 0) is 4.79 Å². The monoisotopic (exact) mass is 398 g/mol. The van der Waals surface area contributed by atoms with Crippen LogP contribution in [0.4, 0.5) is 10.1 Å². The first-order valence-electron chi connectivity index (χ1n) is 7.98. The molecule has 1 amide bonds. The summed E-state index contributed by atoms with van der Waals surface area (Å²) in [7, 11) is 0. The molecular formula is C20H12ClFN2O2S. The predicted molar refractivity (Wildman–Crippen MR) is 106 cm³/mol. The maximum atomic E-state index is 13.7. The number of carbonyl (C=O) groups excluding carboxylic acids is 1. The molecule has 1 aromatic heterocycles. The number of nitrogens with one attached hydrogen (secondary N) is 1. The first-order valence-corrected chi connectivity index (χ1v) is 9.18. The van der Waals surface area contributed by atoms with Gasteiger partial charge in [0.2, 0.25) is 0 Å². The first-order chi connectivity index (χ1) is 13.1. The summed E-state index contributed by atoms with van der Waals surface area (Å²) in [5, 5.41) is 3.56. The van der Waals surface area contributed by atoms with E-state index < -0.39 is 5.82 Å². The normalized spacial score (nSPS) is 16.9. The molecule has 0 bridgehead atoms. The molecule has 1 aliphatic heterocycles. The molecule has 0 aliphatic carbocycles. The molecule has 1 fully saturated rings. The Labute approximate surface area is 163 Å². The van der Waals surface area contributed by atoms with E-state index in [0.29, 0.717) is 26.6 Å². The molecule has 4 nitrogen and oxygen atoms in total. The number of thioether (sulfide) groups is 1. The van der Waals surface area contributed by atoms with Crippen LogP contribution in [0.2, 0.25) is 5.02 Å². The quantitative estimate of drug-likeness (QED) is 0.581. The second kappa shape index (κ2) is 7.42. The maximum Gasteiger partial charge on any atom is 0.264 e. The first kappa shape index (κ1) is 17.6. The number of nitrogens with zero attached hydrogens (tertiary/aromatic N) is 1. The summed E-state index contributed by atoms with van der Waals surface area (Å²) < 4.78 is 19.5. The molecule has 27 heavy (non-hydrogen) atoms. The standard InChI is InChI=1S/C20H12ClFN2O2S/c21-13-5-3-4-12(10-13)17-9-8-14(26-17)11-18-19(25)24-20(27-18)23-16-7-2-1-6-15(16)22/h1-11H,(H,23,24,25). The molecule has 2 aromatic carbocycles. The summed E-state index contributed by atoms with van der Waals surface area (Å²) in [4.78, 5) is 16.7. The lowest BCUT2D eigenvalue weighted by molar-refractivity contribution is -0.115. The van der Waals surface area contributed by atoms with Crippen molar-refractivity contribution in [2.45, 2.75) is 0 Å². The van der Waals surface area contributed by atoms with Crippen molar-refractivity contribution in [2.75, 3.05) is 0 Å². The molecule has 1 N–H and O–H groups in total. The number of benzene rings is 2. The number of carbonyl (C=O) groups is 1. The summed E-state index contributed by atoms with van der Waals surface area (Å²) >= 11 is 7.13. The third-order valence-corrected chi connectivity index (χ3v) is 4.88. The minimum Gasteiger partial charge on any atom is -0.457 e. The van der Waals surface area contributed by atoms with E-state index in [1.807, 2.05) is 18.2 Å². The average molecular weight is 399 g/mol. The van der Waals surface area contributed by atoms with E-state index in [9.17, 15) is 9.18 Å². The topological polar surface area (TPSA) is 54.6 Å². The van der Waals surface area contributed by atoms with E-state index in [1.165, 1.54) is 6.07 Å². The smallest absolute Gasteiger partial charge is 0.264 e. The van der Waals surface area contributed by atoms with Crippen molar-refractivity contribution < 1.29 is 13.6 Å².